The van der Waals surface area contributed by atoms with Crippen molar-refractivity contribution in [3.05, 3.63) is 0 Å². The molecule has 0 bridgehead atoms. The van der Waals surface area contributed by atoms with Gasteiger partial charge in [0.1, 0.15) is 0 Å². The van der Waals surface area contributed by atoms with Crippen molar-refractivity contribution in [1.82, 2.24) is 10.2 Å². The van der Waals surface area contributed by atoms with Crippen LogP contribution in [0.2, 0.25) is 0 Å². The van der Waals surface area contributed by atoms with Crippen molar-refractivity contribution in [3.63, 3.8) is 0 Å². The highest BCUT2D eigenvalue weighted by Crippen LogP contribution is 1.94. The number of hydrogen-bond donors (Lipinski definition) is 2. The Balaban J connectivity index is 3.62. The van der Waals surface area contributed by atoms with Gasteiger partial charge in [-0.25, -0.2) is 0 Å². The lowest BCUT2D eigenvalue weighted by Crippen LogP contribution is -2.42. The van der Waals surface area contributed by atoms with Gasteiger partial charge < -0.3 is 15.3 Å². The molecule has 0 aliphatic carbocycles. The lowest BCUT2D eigenvalue weighted by Gasteiger charge is -2.25. The second-order valence-electron chi connectivity index (χ2n) is 3.20. The molecular weight excluding hydrogens is 140 g/mol. The molecule has 1 atom stereocenters. The van der Waals surface area contributed by atoms with Gasteiger partial charge in [0, 0.05) is 18.6 Å². The predicted octanol–water partition coefficient (Wildman–Crippen LogP) is -0.0931. The molecule has 3 heteroatoms. The largest absolute Gasteiger partial charge is 0.395 e. The molecule has 0 aliphatic heterocycles. The molecule has 2 N–H and O–H groups in total. The standard InChI is InChI=1S/C8H20N2O/c1-7(2)10(4)5-8(6-11)9-3/h7-9,11H,5-6H2,1-4H3. The van der Waals surface area contributed by atoms with E-state index in [2.05, 4.69) is 31.1 Å². The minimum absolute atomic E-state index is 0.197. The summed E-state index contributed by atoms with van der Waals surface area (Å²) in [6, 6.07) is 0.736. The van der Waals surface area contributed by atoms with Gasteiger partial charge in [0.25, 0.3) is 0 Å². The van der Waals surface area contributed by atoms with E-state index in [1.165, 1.54) is 0 Å². The van der Waals surface area contributed by atoms with Gasteiger partial charge in [-0.3, -0.25) is 0 Å². The molecule has 0 aromatic carbocycles. The van der Waals surface area contributed by atoms with Crippen LogP contribution in [0.15, 0.2) is 0 Å². The number of aliphatic hydroxyl groups is 1. The van der Waals surface area contributed by atoms with Crippen molar-refractivity contribution in [1.29, 1.82) is 0 Å². The number of rotatable bonds is 5. The Kier molecular flexibility index (Phi) is 5.46. The lowest BCUT2D eigenvalue weighted by molar-refractivity contribution is 0.185. The third-order valence-corrected chi connectivity index (χ3v) is 2.02. The molecule has 11 heavy (non-hydrogen) atoms. The van der Waals surface area contributed by atoms with Crippen molar-refractivity contribution < 1.29 is 5.11 Å². The zero-order valence-electron chi connectivity index (χ0n) is 7.96. The summed E-state index contributed by atoms with van der Waals surface area (Å²) in [5.74, 6) is 0. The first-order valence-electron chi connectivity index (χ1n) is 4.10. The molecule has 0 aromatic rings. The first-order valence-corrected chi connectivity index (χ1v) is 4.10. The second-order valence-corrected chi connectivity index (χ2v) is 3.20. The van der Waals surface area contributed by atoms with Crippen molar-refractivity contribution in [2.45, 2.75) is 25.9 Å². The third-order valence-electron chi connectivity index (χ3n) is 2.02. The van der Waals surface area contributed by atoms with Gasteiger partial charge >= 0.3 is 0 Å². The van der Waals surface area contributed by atoms with Crippen molar-refractivity contribution >= 4 is 0 Å². The Bertz CT molecular complexity index is 92.1. The SMILES string of the molecule is CNC(CO)CN(C)C(C)C. The summed E-state index contributed by atoms with van der Waals surface area (Å²) >= 11 is 0. The summed E-state index contributed by atoms with van der Waals surface area (Å²) in [5, 5.41) is 11.9. The third kappa shape index (κ3) is 4.35. The van der Waals surface area contributed by atoms with Crippen LogP contribution in [-0.4, -0.2) is 49.3 Å². The molecule has 0 saturated heterocycles. The molecule has 0 aliphatic rings. The van der Waals surface area contributed by atoms with E-state index in [1.54, 1.807) is 0 Å². The molecule has 0 heterocycles. The number of likely N-dealkylation sites (N-methyl/N-ethyl adjacent to an activating group) is 2. The molecule has 0 radical (unpaired) electrons. The van der Waals surface area contributed by atoms with E-state index in [1.807, 2.05) is 7.05 Å². The number of hydrogen-bond acceptors (Lipinski definition) is 3. The van der Waals surface area contributed by atoms with Crippen molar-refractivity contribution in [2.24, 2.45) is 0 Å². The van der Waals surface area contributed by atoms with Gasteiger partial charge in [0.2, 0.25) is 0 Å². The van der Waals surface area contributed by atoms with Gasteiger partial charge in [-0.05, 0) is 27.9 Å². The van der Waals surface area contributed by atoms with Crippen LogP contribution in [0.3, 0.4) is 0 Å². The summed E-state index contributed by atoms with van der Waals surface area (Å²) in [6.07, 6.45) is 0. The number of nitrogens with one attached hydrogen (secondary N) is 1. The zero-order chi connectivity index (χ0) is 8.85. The van der Waals surface area contributed by atoms with E-state index in [0.717, 1.165) is 6.54 Å². The van der Waals surface area contributed by atoms with Crippen LogP contribution in [-0.2, 0) is 0 Å². The monoisotopic (exact) mass is 160 g/mol. The average Bonchev–Trinajstić information content (AvgIpc) is 1.99. The molecule has 1 unspecified atom stereocenters. The first kappa shape index (κ1) is 10.9. The van der Waals surface area contributed by atoms with Crippen LogP contribution < -0.4 is 5.32 Å². The Morgan fingerprint density at radius 2 is 2.00 bits per heavy atom. The quantitative estimate of drug-likeness (QED) is 0.590. The Morgan fingerprint density at radius 1 is 1.45 bits per heavy atom. The van der Waals surface area contributed by atoms with Gasteiger partial charge in [-0.15, -0.1) is 0 Å². The molecule has 0 fully saturated rings. The highest BCUT2D eigenvalue weighted by molar-refractivity contribution is 4.68. The van der Waals surface area contributed by atoms with Gasteiger partial charge in [-0.1, -0.05) is 0 Å². The molecule has 3 nitrogen and oxygen atoms in total. The lowest BCUT2D eigenvalue weighted by atomic mass is 10.2. The normalized spacial score (nSPS) is 14.5. The second kappa shape index (κ2) is 5.52. The first-order chi connectivity index (χ1) is 5.11. The van der Waals surface area contributed by atoms with Crippen LogP contribution in [0.25, 0.3) is 0 Å². The fraction of sp³-hybridized carbons (Fsp3) is 1.00. The molecule has 0 amide bonds. The molecular formula is C8H20N2O. The number of nitrogens with zero attached hydrogens (tertiary/aromatic N) is 1. The summed E-state index contributed by atoms with van der Waals surface area (Å²) < 4.78 is 0. The van der Waals surface area contributed by atoms with Gasteiger partial charge in [0.05, 0.1) is 6.61 Å². The van der Waals surface area contributed by atoms with Crippen LogP contribution in [0.5, 0.6) is 0 Å². The summed E-state index contributed by atoms with van der Waals surface area (Å²) in [4.78, 5) is 2.21. The van der Waals surface area contributed by atoms with Crippen molar-refractivity contribution in [3.8, 4) is 0 Å². The maximum Gasteiger partial charge on any atom is 0.0597 e. The number of aliphatic hydroxyl groups excluding tert-OH is 1. The van der Waals surface area contributed by atoms with E-state index in [-0.39, 0.29) is 12.6 Å². The van der Waals surface area contributed by atoms with E-state index in [4.69, 9.17) is 5.11 Å². The smallest absolute Gasteiger partial charge is 0.0597 e. The summed E-state index contributed by atoms with van der Waals surface area (Å²) in [5.41, 5.74) is 0. The molecule has 0 rings (SSSR count). The molecule has 68 valence electrons. The van der Waals surface area contributed by atoms with Crippen molar-refractivity contribution in [2.75, 3.05) is 27.2 Å². The Hall–Kier alpha value is -0.120. The summed E-state index contributed by atoms with van der Waals surface area (Å²) in [7, 11) is 3.93. The Morgan fingerprint density at radius 3 is 2.27 bits per heavy atom. The topological polar surface area (TPSA) is 35.5 Å². The fourth-order valence-electron chi connectivity index (χ4n) is 0.799. The van der Waals surface area contributed by atoms with E-state index >= 15 is 0 Å². The maximum absolute atomic E-state index is 8.87. The molecule has 0 aromatic heterocycles. The van der Waals surface area contributed by atoms with Crippen LogP contribution in [0.1, 0.15) is 13.8 Å². The van der Waals surface area contributed by atoms with Gasteiger partial charge in [-0.2, -0.15) is 0 Å². The van der Waals surface area contributed by atoms with Gasteiger partial charge in [0.15, 0.2) is 0 Å². The average molecular weight is 160 g/mol. The van der Waals surface area contributed by atoms with E-state index < -0.39 is 0 Å². The zero-order valence-corrected chi connectivity index (χ0v) is 7.96. The van der Waals surface area contributed by atoms with Crippen LogP contribution in [0, 0.1) is 0 Å². The maximum atomic E-state index is 8.87. The minimum Gasteiger partial charge on any atom is -0.395 e. The highest BCUT2D eigenvalue weighted by atomic mass is 16.3. The Labute approximate surface area is 69.4 Å². The minimum atomic E-state index is 0.197. The van der Waals surface area contributed by atoms with Crippen LogP contribution >= 0.6 is 0 Å². The molecule has 0 spiro atoms. The highest BCUT2D eigenvalue weighted by Gasteiger charge is 2.09. The molecule has 0 saturated carbocycles. The van der Waals surface area contributed by atoms with E-state index in [9.17, 15) is 0 Å². The van der Waals surface area contributed by atoms with Crippen LogP contribution in [0.4, 0.5) is 0 Å². The van der Waals surface area contributed by atoms with E-state index in [0.29, 0.717) is 6.04 Å². The summed E-state index contributed by atoms with van der Waals surface area (Å²) in [6.45, 7) is 5.38. The fourth-order valence-corrected chi connectivity index (χ4v) is 0.799. The predicted molar refractivity (Wildman–Crippen MR) is 47.7 cm³/mol.